The van der Waals surface area contributed by atoms with Crippen LogP contribution in [0.3, 0.4) is 0 Å². The molecule has 2 atom stereocenters. The Labute approximate surface area is 440 Å². The van der Waals surface area contributed by atoms with E-state index in [2.05, 4.69) is 26.0 Å². The Bertz CT molecular complexity index is 1170. The predicted molar refractivity (Wildman–Crippen MR) is 297 cm³/mol. The van der Waals surface area contributed by atoms with E-state index in [0.29, 0.717) is 23.9 Å². The van der Waals surface area contributed by atoms with Crippen LogP contribution in [0.25, 0.3) is 0 Å². The van der Waals surface area contributed by atoms with Crippen molar-refractivity contribution in [3.63, 3.8) is 0 Å². The SMILES string of the molecule is CCCCCCC/C=C\CCCCCCCC(=O)OC(COC(=O)CCCCCCCCCCCCCCCCCCCCCCCCCCCCCCCCCC)COC(OCC[N+](C)(C)C)C(=O)[O-]. The first kappa shape index (κ1) is 69.0. The van der Waals surface area contributed by atoms with Crippen molar-refractivity contribution in [2.75, 3.05) is 47.5 Å². The van der Waals surface area contributed by atoms with Crippen LogP contribution in [0, 0.1) is 0 Å². The first-order valence-corrected chi connectivity index (χ1v) is 30.8. The van der Waals surface area contributed by atoms with Gasteiger partial charge in [-0.15, -0.1) is 0 Å². The van der Waals surface area contributed by atoms with Crippen LogP contribution >= 0.6 is 0 Å². The van der Waals surface area contributed by atoms with Gasteiger partial charge in [-0.05, 0) is 38.5 Å². The summed E-state index contributed by atoms with van der Waals surface area (Å²) in [5.41, 5.74) is 0. The molecule has 0 bridgehead atoms. The standard InChI is InChI=1S/C62H119NO8/c1-6-8-10-12-14-16-18-20-22-23-24-25-26-27-28-29-30-31-32-33-34-35-36-37-38-39-41-42-44-46-48-50-52-59(64)69-56-58(57-70-62(61(66)67)68-55-54-63(3,4)5)71-60(65)53-51-49-47-45-43-40-21-19-17-15-13-11-9-7-2/h19,21,58,62H,6-18,20,22-57H2,1-5H3/b21-19-. The number of carboxylic acids is 1. The fourth-order valence-corrected chi connectivity index (χ4v) is 9.24. The summed E-state index contributed by atoms with van der Waals surface area (Å²) >= 11 is 0. The Morgan fingerprint density at radius 1 is 0.408 bits per heavy atom. The van der Waals surface area contributed by atoms with Gasteiger partial charge in [0.25, 0.3) is 0 Å². The topological polar surface area (TPSA) is 111 Å². The molecule has 0 aromatic carbocycles. The number of carbonyl (C=O) groups is 3. The number of aliphatic carboxylic acids is 1. The predicted octanol–water partition coefficient (Wildman–Crippen LogP) is 16.8. The lowest BCUT2D eigenvalue weighted by Gasteiger charge is -2.26. The zero-order valence-corrected chi connectivity index (χ0v) is 47.9. The molecule has 0 radical (unpaired) electrons. The van der Waals surface area contributed by atoms with Gasteiger partial charge < -0.3 is 33.3 Å². The van der Waals surface area contributed by atoms with Gasteiger partial charge in [0.15, 0.2) is 12.4 Å². The van der Waals surface area contributed by atoms with Crippen LogP contribution in [0.2, 0.25) is 0 Å². The Kier molecular flexibility index (Phi) is 52.8. The number of hydrogen-bond acceptors (Lipinski definition) is 8. The molecule has 0 rings (SSSR count). The summed E-state index contributed by atoms with van der Waals surface area (Å²) in [6.07, 6.45) is 60.1. The summed E-state index contributed by atoms with van der Waals surface area (Å²) in [5, 5.41) is 11.8. The Morgan fingerprint density at radius 2 is 0.718 bits per heavy atom. The van der Waals surface area contributed by atoms with Crippen molar-refractivity contribution in [1.29, 1.82) is 0 Å². The molecule has 0 aromatic rings. The highest BCUT2D eigenvalue weighted by Crippen LogP contribution is 2.18. The summed E-state index contributed by atoms with van der Waals surface area (Å²) in [5.74, 6) is -2.27. The molecule has 9 heteroatoms. The average molecular weight is 1010 g/mol. The Hall–Kier alpha value is -1.97. The van der Waals surface area contributed by atoms with Crippen molar-refractivity contribution in [3.05, 3.63) is 12.2 Å². The van der Waals surface area contributed by atoms with Gasteiger partial charge in [0.2, 0.25) is 0 Å². The van der Waals surface area contributed by atoms with E-state index in [1.165, 1.54) is 225 Å². The van der Waals surface area contributed by atoms with Gasteiger partial charge in [0.05, 0.1) is 40.3 Å². The number of unbranched alkanes of at least 4 members (excludes halogenated alkanes) is 41. The second kappa shape index (κ2) is 54.3. The van der Waals surface area contributed by atoms with Crippen molar-refractivity contribution >= 4 is 17.9 Å². The van der Waals surface area contributed by atoms with Crippen LogP contribution in [0.1, 0.15) is 309 Å². The minimum absolute atomic E-state index is 0.150. The molecule has 0 spiro atoms. The van der Waals surface area contributed by atoms with Gasteiger partial charge in [-0.1, -0.05) is 270 Å². The van der Waals surface area contributed by atoms with E-state index in [-0.39, 0.29) is 32.2 Å². The second-order valence-corrected chi connectivity index (χ2v) is 22.4. The molecule has 0 aliphatic carbocycles. The number of carbonyl (C=O) groups excluding carboxylic acids is 3. The normalized spacial score (nSPS) is 12.7. The number of hydrogen-bond donors (Lipinski definition) is 0. The lowest BCUT2D eigenvalue weighted by atomic mass is 10.0. The Balaban J connectivity index is 4.00. The van der Waals surface area contributed by atoms with E-state index in [4.69, 9.17) is 18.9 Å². The number of allylic oxidation sites excluding steroid dienone is 2. The van der Waals surface area contributed by atoms with E-state index in [1.807, 2.05) is 21.1 Å². The number of esters is 2. The third-order valence-electron chi connectivity index (χ3n) is 14.0. The summed E-state index contributed by atoms with van der Waals surface area (Å²) in [6, 6.07) is 0. The monoisotopic (exact) mass is 1010 g/mol. The lowest BCUT2D eigenvalue weighted by molar-refractivity contribution is -0.870. The van der Waals surface area contributed by atoms with E-state index >= 15 is 0 Å². The Morgan fingerprint density at radius 3 is 1.04 bits per heavy atom. The number of nitrogens with zero attached hydrogens (tertiary/aromatic N) is 1. The molecule has 0 amide bonds. The molecule has 0 heterocycles. The second-order valence-electron chi connectivity index (χ2n) is 22.4. The van der Waals surface area contributed by atoms with Crippen molar-refractivity contribution in [3.8, 4) is 0 Å². The van der Waals surface area contributed by atoms with Gasteiger partial charge in [-0.25, -0.2) is 0 Å². The van der Waals surface area contributed by atoms with Gasteiger partial charge in [-0.2, -0.15) is 0 Å². The molecule has 0 saturated heterocycles. The average Bonchev–Trinajstić information content (AvgIpc) is 3.34. The number of quaternary nitrogens is 1. The largest absolute Gasteiger partial charge is 0.545 e. The highest BCUT2D eigenvalue weighted by molar-refractivity contribution is 5.70. The zero-order valence-electron chi connectivity index (χ0n) is 47.9. The molecule has 0 aliphatic heterocycles. The molecule has 0 aliphatic rings. The molecule has 71 heavy (non-hydrogen) atoms. The molecular formula is C62H119NO8. The maximum absolute atomic E-state index is 12.8. The van der Waals surface area contributed by atoms with Crippen LogP contribution < -0.4 is 5.11 Å². The number of ether oxygens (including phenoxy) is 4. The quantitative estimate of drug-likeness (QED) is 0.0195. The first-order chi connectivity index (χ1) is 34.6. The van der Waals surface area contributed by atoms with Gasteiger partial charge >= 0.3 is 11.9 Å². The molecule has 420 valence electrons. The van der Waals surface area contributed by atoms with Crippen LogP contribution in [0.15, 0.2) is 12.2 Å². The van der Waals surface area contributed by atoms with E-state index in [9.17, 15) is 19.5 Å². The molecular weight excluding hydrogens is 887 g/mol. The molecule has 0 fully saturated rings. The molecule has 9 nitrogen and oxygen atoms in total. The lowest BCUT2D eigenvalue weighted by Crippen LogP contribution is -2.44. The minimum atomic E-state index is -1.62. The van der Waals surface area contributed by atoms with Crippen LogP contribution in [0.5, 0.6) is 0 Å². The fourth-order valence-electron chi connectivity index (χ4n) is 9.24. The zero-order chi connectivity index (χ0) is 52.0. The highest BCUT2D eigenvalue weighted by atomic mass is 16.7. The van der Waals surface area contributed by atoms with Crippen LogP contribution in [-0.2, 0) is 33.3 Å². The van der Waals surface area contributed by atoms with Crippen molar-refractivity contribution in [1.82, 2.24) is 0 Å². The van der Waals surface area contributed by atoms with Gasteiger partial charge in [0.1, 0.15) is 13.2 Å². The minimum Gasteiger partial charge on any atom is -0.545 e. The van der Waals surface area contributed by atoms with Gasteiger partial charge in [-0.3, -0.25) is 9.59 Å². The first-order valence-electron chi connectivity index (χ1n) is 30.8. The third-order valence-corrected chi connectivity index (χ3v) is 14.0. The van der Waals surface area contributed by atoms with E-state index < -0.39 is 24.3 Å². The molecule has 0 saturated carbocycles. The maximum atomic E-state index is 12.8. The van der Waals surface area contributed by atoms with Crippen LogP contribution in [0.4, 0.5) is 0 Å². The van der Waals surface area contributed by atoms with Crippen LogP contribution in [-0.4, -0.2) is 82.3 Å². The van der Waals surface area contributed by atoms with E-state index in [0.717, 1.165) is 51.4 Å². The maximum Gasteiger partial charge on any atom is 0.306 e. The summed E-state index contributed by atoms with van der Waals surface area (Å²) in [6.45, 7) is 4.78. The summed E-state index contributed by atoms with van der Waals surface area (Å²) in [4.78, 5) is 37.2. The fraction of sp³-hybridized carbons (Fsp3) is 0.919. The molecule has 0 aromatic heterocycles. The third kappa shape index (κ3) is 55.6. The van der Waals surface area contributed by atoms with Crippen molar-refractivity contribution in [2.45, 2.75) is 322 Å². The molecule has 2 unspecified atom stereocenters. The smallest absolute Gasteiger partial charge is 0.306 e. The van der Waals surface area contributed by atoms with Crippen molar-refractivity contribution in [2.24, 2.45) is 0 Å². The number of likely N-dealkylation sites (N-methyl/N-ethyl adjacent to an activating group) is 1. The summed E-state index contributed by atoms with van der Waals surface area (Å²) < 4.78 is 22.7. The highest BCUT2D eigenvalue weighted by Gasteiger charge is 2.22. The van der Waals surface area contributed by atoms with Gasteiger partial charge in [0, 0.05) is 12.8 Å². The van der Waals surface area contributed by atoms with Crippen molar-refractivity contribution < 1.29 is 42.9 Å². The molecule has 0 N–H and O–H groups in total. The number of carboxylic acid groups (broad SMARTS) is 1. The van der Waals surface area contributed by atoms with E-state index in [1.54, 1.807) is 0 Å². The summed E-state index contributed by atoms with van der Waals surface area (Å²) in [7, 11) is 5.93. The number of rotatable bonds is 58.